The summed E-state index contributed by atoms with van der Waals surface area (Å²) in [7, 11) is -1.10. The number of ether oxygens (including phenoxy) is 2. The highest BCUT2D eigenvalue weighted by Crippen LogP contribution is 2.27. The van der Waals surface area contributed by atoms with Crippen LogP contribution in [0.5, 0.6) is 11.5 Å². The molecule has 2 atom stereocenters. The fourth-order valence-corrected chi connectivity index (χ4v) is 5.42. The molecule has 40 heavy (non-hydrogen) atoms. The van der Waals surface area contributed by atoms with Crippen LogP contribution in [-0.2, 0) is 26.2 Å². The molecule has 0 aromatic heterocycles. The van der Waals surface area contributed by atoms with Gasteiger partial charge in [0.1, 0.15) is 24.1 Å². The smallest absolute Gasteiger partial charge is 0.264 e. The monoisotopic (exact) mass is 567 g/mol. The molecule has 0 aliphatic rings. The highest BCUT2D eigenvalue weighted by Gasteiger charge is 2.33. The molecule has 3 aromatic rings. The van der Waals surface area contributed by atoms with Crippen molar-refractivity contribution in [3.8, 4) is 11.5 Å². The second-order valence-electron chi connectivity index (χ2n) is 9.39. The number of methoxy groups -OCH3 is 2. The topological polar surface area (TPSA) is 105 Å². The Kier molecular flexibility index (Phi) is 10.6. The molecular weight excluding hydrogens is 530 g/mol. The number of hydrogen-bond donors (Lipinski definition) is 1. The highest BCUT2D eigenvalue weighted by molar-refractivity contribution is 7.92. The maximum Gasteiger partial charge on any atom is 0.264 e. The lowest BCUT2D eigenvalue weighted by atomic mass is 10.1. The summed E-state index contributed by atoms with van der Waals surface area (Å²) >= 11 is 0. The second-order valence-corrected chi connectivity index (χ2v) is 11.3. The normalized spacial score (nSPS) is 12.6. The Hall–Kier alpha value is -4.05. The van der Waals surface area contributed by atoms with Gasteiger partial charge < -0.3 is 19.7 Å². The van der Waals surface area contributed by atoms with Crippen molar-refractivity contribution in [1.82, 2.24) is 10.2 Å². The molecule has 0 radical (unpaired) electrons. The molecule has 0 spiro atoms. The summed E-state index contributed by atoms with van der Waals surface area (Å²) in [5.41, 5.74) is 1.02. The lowest BCUT2D eigenvalue weighted by Gasteiger charge is -2.32. The van der Waals surface area contributed by atoms with Gasteiger partial charge in [0.15, 0.2) is 0 Å². The molecule has 0 saturated heterocycles. The summed E-state index contributed by atoms with van der Waals surface area (Å²) in [6.45, 7) is 5.05. The van der Waals surface area contributed by atoms with Crippen molar-refractivity contribution in [2.75, 3.05) is 25.1 Å². The first-order valence-corrected chi connectivity index (χ1v) is 14.5. The van der Waals surface area contributed by atoms with Gasteiger partial charge in [-0.05, 0) is 62.2 Å². The van der Waals surface area contributed by atoms with E-state index in [-0.39, 0.29) is 29.1 Å². The number of amides is 2. The van der Waals surface area contributed by atoms with Gasteiger partial charge in [-0.15, -0.1) is 0 Å². The molecule has 3 rings (SSSR count). The number of benzene rings is 3. The molecule has 214 valence electrons. The molecule has 0 aliphatic carbocycles. The quantitative estimate of drug-likeness (QED) is 0.332. The molecule has 3 aromatic carbocycles. The van der Waals surface area contributed by atoms with Crippen LogP contribution in [0.1, 0.15) is 32.8 Å². The molecule has 0 bridgehead atoms. The van der Waals surface area contributed by atoms with E-state index in [9.17, 15) is 18.0 Å². The third-order valence-corrected chi connectivity index (χ3v) is 8.42. The van der Waals surface area contributed by atoms with Crippen molar-refractivity contribution in [3.63, 3.8) is 0 Å². The minimum atomic E-state index is -4.15. The summed E-state index contributed by atoms with van der Waals surface area (Å²) in [6.07, 6.45) is 0.726. The van der Waals surface area contributed by atoms with Gasteiger partial charge in [-0.1, -0.05) is 43.3 Å². The van der Waals surface area contributed by atoms with Crippen LogP contribution in [-0.4, -0.2) is 58.0 Å². The van der Waals surface area contributed by atoms with E-state index in [2.05, 4.69) is 5.32 Å². The molecule has 0 fully saturated rings. The van der Waals surface area contributed by atoms with Crippen molar-refractivity contribution in [3.05, 3.63) is 84.4 Å². The third kappa shape index (κ3) is 7.53. The maximum absolute atomic E-state index is 14.0. The van der Waals surface area contributed by atoms with Gasteiger partial charge in [0.05, 0.1) is 24.8 Å². The summed E-state index contributed by atoms with van der Waals surface area (Å²) in [5.74, 6) is 0.233. The van der Waals surface area contributed by atoms with Gasteiger partial charge in [-0.25, -0.2) is 8.42 Å². The average molecular weight is 568 g/mol. The van der Waals surface area contributed by atoms with Crippen LogP contribution < -0.4 is 19.1 Å². The van der Waals surface area contributed by atoms with E-state index in [1.54, 1.807) is 80.8 Å². The van der Waals surface area contributed by atoms with Crippen LogP contribution >= 0.6 is 0 Å². The minimum Gasteiger partial charge on any atom is -0.497 e. The number of rotatable bonds is 13. The first-order valence-electron chi connectivity index (χ1n) is 13.0. The van der Waals surface area contributed by atoms with Crippen molar-refractivity contribution < 1.29 is 27.5 Å². The van der Waals surface area contributed by atoms with Crippen LogP contribution in [0.3, 0.4) is 0 Å². The number of nitrogens with one attached hydrogen (secondary N) is 1. The van der Waals surface area contributed by atoms with Gasteiger partial charge in [0.25, 0.3) is 10.0 Å². The van der Waals surface area contributed by atoms with E-state index in [1.165, 1.54) is 24.1 Å². The van der Waals surface area contributed by atoms with Crippen LogP contribution in [0.2, 0.25) is 0 Å². The Labute approximate surface area is 236 Å². The standard InChI is InChI=1S/C30H37N3O6S/c1-6-22(2)31-30(35)23(3)32(20-24-15-17-26(38-4)18-16-24)29(34)21-33(25-11-10-12-27(19-25)39-5)40(36,37)28-13-8-7-9-14-28/h7-19,22-23H,6,20-21H2,1-5H3,(H,31,35)/t22-,23-/m0/s1. The number of nitrogens with zero attached hydrogens (tertiary/aromatic N) is 2. The fourth-order valence-electron chi connectivity index (χ4n) is 3.99. The van der Waals surface area contributed by atoms with Crippen LogP contribution in [0.4, 0.5) is 5.69 Å². The fraction of sp³-hybridized carbons (Fsp3) is 0.333. The van der Waals surface area contributed by atoms with Crippen LogP contribution in [0.15, 0.2) is 83.8 Å². The molecule has 0 unspecified atom stereocenters. The Morgan fingerprint density at radius 3 is 2.12 bits per heavy atom. The number of carbonyl (C=O) groups excluding carboxylic acids is 2. The van der Waals surface area contributed by atoms with Gasteiger partial charge in [0, 0.05) is 18.7 Å². The van der Waals surface area contributed by atoms with Crippen molar-refractivity contribution in [1.29, 1.82) is 0 Å². The number of carbonyl (C=O) groups is 2. The second kappa shape index (κ2) is 13.8. The van der Waals surface area contributed by atoms with Crippen molar-refractivity contribution in [2.45, 2.75) is 50.7 Å². The maximum atomic E-state index is 14.0. The van der Waals surface area contributed by atoms with E-state index in [0.29, 0.717) is 11.5 Å². The molecule has 10 heteroatoms. The molecule has 2 amide bonds. The number of sulfonamides is 1. The van der Waals surface area contributed by atoms with E-state index < -0.39 is 28.5 Å². The Morgan fingerprint density at radius 2 is 1.52 bits per heavy atom. The largest absolute Gasteiger partial charge is 0.497 e. The summed E-state index contributed by atoms with van der Waals surface area (Å²) in [6, 6.07) is 20.6. The molecule has 1 N–H and O–H groups in total. The van der Waals surface area contributed by atoms with E-state index >= 15 is 0 Å². The average Bonchev–Trinajstić information content (AvgIpc) is 2.98. The highest BCUT2D eigenvalue weighted by atomic mass is 32.2. The summed E-state index contributed by atoms with van der Waals surface area (Å²) < 4.78 is 39.3. The van der Waals surface area contributed by atoms with E-state index in [0.717, 1.165) is 16.3 Å². The zero-order valence-corrected chi connectivity index (χ0v) is 24.4. The molecular formula is C30H37N3O6S. The van der Waals surface area contributed by atoms with Crippen molar-refractivity contribution >= 4 is 27.5 Å². The SMILES string of the molecule is CC[C@H](C)NC(=O)[C@H](C)N(Cc1ccc(OC)cc1)C(=O)CN(c1cccc(OC)c1)S(=O)(=O)c1ccccc1. The van der Waals surface area contributed by atoms with Gasteiger partial charge in [-0.3, -0.25) is 13.9 Å². The number of anilines is 1. The summed E-state index contributed by atoms with van der Waals surface area (Å²) in [4.78, 5) is 28.5. The van der Waals surface area contributed by atoms with Crippen LogP contribution in [0.25, 0.3) is 0 Å². The molecule has 0 saturated carbocycles. The lowest BCUT2D eigenvalue weighted by molar-refractivity contribution is -0.139. The molecule has 0 aliphatic heterocycles. The van der Waals surface area contributed by atoms with Gasteiger partial charge >= 0.3 is 0 Å². The predicted octanol–water partition coefficient (Wildman–Crippen LogP) is 4.23. The molecule has 9 nitrogen and oxygen atoms in total. The van der Waals surface area contributed by atoms with Crippen molar-refractivity contribution in [2.24, 2.45) is 0 Å². The molecule has 0 heterocycles. The minimum absolute atomic E-state index is 0.0369. The lowest BCUT2D eigenvalue weighted by Crippen LogP contribution is -2.52. The Bertz CT molecular complexity index is 1380. The van der Waals surface area contributed by atoms with E-state index in [4.69, 9.17) is 9.47 Å². The zero-order chi connectivity index (χ0) is 29.3. The first kappa shape index (κ1) is 30.5. The zero-order valence-electron chi connectivity index (χ0n) is 23.5. The summed E-state index contributed by atoms with van der Waals surface area (Å²) in [5, 5.41) is 2.92. The number of hydrogen-bond acceptors (Lipinski definition) is 6. The Balaban J connectivity index is 2.02. The van der Waals surface area contributed by atoms with Crippen LogP contribution in [0, 0.1) is 0 Å². The van der Waals surface area contributed by atoms with Gasteiger partial charge in [0.2, 0.25) is 11.8 Å². The Morgan fingerprint density at radius 1 is 0.875 bits per heavy atom. The predicted molar refractivity (Wildman–Crippen MR) is 155 cm³/mol. The van der Waals surface area contributed by atoms with Gasteiger partial charge in [-0.2, -0.15) is 0 Å². The van der Waals surface area contributed by atoms with E-state index in [1.807, 2.05) is 13.8 Å². The first-order chi connectivity index (χ1) is 19.1. The third-order valence-electron chi connectivity index (χ3n) is 6.63.